The van der Waals surface area contributed by atoms with E-state index in [4.69, 9.17) is 0 Å². The van der Waals surface area contributed by atoms with E-state index >= 15 is 0 Å². The second kappa shape index (κ2) is 4.59. The molecule has 1 saturated heterocycles. The van der Waals surface area contributed by atoms with Crippen LogP contribution in [-0.4, -0.2) is 37.8 Å². The van der Waals surface area contributed by atoms with Crippen LogP contribution >= 0.6 is 0 Å². The SMILES string of the molecule is O=C1Cc2cc(C(=O)NC3CCS(=O)(=O)C3)ccc2N1. The number of carbonyl (C=O) groups excluding carboxylic acids is 2. The Morgan fingerprint density at radius 3 is 2.85 bits per heavy atom. The molecule has 1 fully saturated rings. The van der Waals surface area contributed by atoms with Crippen molar-refractivity contribution in [3.05, 3.63) is 29.3 Å². The van der Waals surface area contributed by atoms with Crippen LogP contribution in [0.25, 0.3) is 0 Å². The molecule has 0 bridgehead atoms. The molecule has 20 heavy (non-hydrogen) atoms. The van der Waals surface area contributed by atoms with Gasteiger partial charge in [0.1, 0.15) is 0 Å². The third-order valence-corrected chi connectivity index (χ3v) is 5.33. The third-order valence-electron chi connectivity index (χ3n) is 3.56. The van der Waals surface area contributed by atoms with Gasteiger partial charge in [0.2, 0.25) is 5.91 Å². The largest absolute Gasteiger partial charge is 0.348 e. The van der Waals surface area contributed by atoms with Crippen LogP contribution in [0.2, 0.25) is 0 Å². The highest BCUT2D eigenvalue weighted by Crippen LogP contribution is 2.24. The molecule has 1 unspecified atom stereocenters. The Bertz CT molecular complexity index is 696. The third kappa shape index (κ3) is 2.53. The van der Waals surface area contributed by atoms with E-state index in [0.29, 0.717) is 12.0 Å². The molecule has 0 radical (unpaired) electrons. The van der Waals surface area contributed by atoms with Gasteiger partial charge in [-0.1, -0.05) is 0 Å². The minimum atomic E-state index is -3.01. The normalized spacial score (nSPS) is 23.2. The van der Waals surface area contributed by atoms with Crippen molar-refractivity contribution in [2.24, 2.45) is 0 Å². The van der Waals surface area contributed by atoms with Gasteiger partial charge in [-0.3, -0.25) is 9.59 Å². The lowest BCUT2D eigenvalue weighted by molar-refractivity contribution is -0.115. The maximum atomic E-state index is 12.1. The second-order valence-electron chi connectivity index (χ2n) is 5.17. The zero-order chi connectivity index (χ0) is 14.3. The van der Waals surface area contributed by atoms with E-state index in [1.54, 1.807) is 18.2 Å². The summed E-state index contributed by atoms with van der Waals surface area (Å²) < 4.78 is 22.7. The Morgan fingerprint density at radius 1 is 1.35 bits per heavy atom. The molecule has 2 N–H and O–H groups in total. The van der Waals surface area contributed by atoms with Gasteiger partial charge in [0.05, 0.1) is 17.9 Å². The zero-order valence-electron chi connectivity index (χ0n) is 10.7. The van der Waals surface area contributed by atoms with Crippen molar-refractivity contribution in [3.8, 4) is 0 Å². The topological polar surface area (TPSA) is 92.3 Å². The van der Waals surface area contributed by atoms with Crippen molar-refractivity contribution < 1.29 is 18.0 Å². The summed E-state index contributed by atoms with van der Waals surface area (Å²) in [5.74, 6) is -0.252. The van der Waals surface area contributed by atoms with Crippen molar-refractivity contribution in [2.75, 3.05) is 16.8 Å². The van der Waals surface area contributed by atoms with Crippen LogP contribution in [0.15, 0.2) is 18.2 Å². The predicted octanol–water partition coefficient (Wildman–Crippen LogP) is 0.0981. The number of amides is 2. The maximum absolute atomic E-state index is 12.1. The van der Waals surface area contributed by atoms with E-state index in [-0.39, 0.29) is 35.8 Å². The van der Waals surface area contributed by atoms with Gasteiger partial charge in [-0.15, -0.1) is 0 Å². The first kappa shape index (κ1) is 13.1. The summed E-state index contributed by atoms with van der Waals surface area (Å²) in [6.07, 6.45) is 0.729. The average Bonchev–Trinajstić information content (AvgIpc) is 2.89. The molecule has 2 amide bonds. The lowest BCUT2D eigenvalue weighted by atomic mass is 10.1. The van der Waals surface area contributed by atoms with Gasteiger partial charge in [0.15, 0.2) is 9.84 Å². The molecule has 1 aromatic rings. The van der Waals surface area contributed by atoms with Crippen molar-refractivity contribution in [2.45, 2.75) is 18.9 Å². The van der Waals surface area contributed by atoms with Crippen LogP contribution in [-0.2, 0) is 21.1 Å². The summed E-state index contributed by atoms with van der Waals surface area (Å²) in [6, 6.07) is 4.68. The monoisotopic (exact) mass is 294 g/mol. The molecule has 2 heterocycles. The molecule has 7 heteroatoms. The summed E-state index contributed by atoms with van der Waals surface area (Å²) in [4.78, 5) is 23.3. The Labute approximate surface area is 116 Å². The summed E-state index contributed by atoms with van der Waals surface area (Å²) in [5, 5.41) is 5.43. The van der Waals surface area contributed by atoms with Crippen molar-refractivity contribution >= 4 is 27.3 Å². The molecule has 1 atom stereocenters. The molecular formula is C13H14N2O4S. The number of carbonyl (C=O) groups is 2. The van der Waals surface area contributed by atoms with Crippen LogP contribution in [0.3, 0.4) is 0 Å². The molecule has 2 aliphatic heterocycles. The number of nitrogens with one attached hydrogen (secondary N) is 2. The van der Waals surface area contributed by atoms with Gasteiger partial charge in [-0.05, 0) is 30.2 Å². The van der Waals surface area contributed by atoms with Crippen molar-refractivity contribution in [1.29, 1.82) is 0 Å². The molecular weight excluding hydrogens is 280 g/mol. The van der Waals surface area contributed by atoms with Crippen molar-refractivity contribution in [1.82, 2.24) is 5.32 Å². The number of anilines is 1. The van der Waals surface area contributed by atoms with Crippen LogP contribution in [0.4, 0.5) is 5.69 Å². The summed E-state index contributed by atoms with van der Waals surface area (Å²) in [7, 11) is -3.01. The number of hydrogen-bond acceptors (Lipinski definition) is 4. The van der Waals surface area contributed by atoms with Crippen LogP contribution < -0.4 is 10.6 Å². The highest BCUT2D eigenvalue weighted by atomic mass is 32.2. The fourth-order valence-corrected chi connectivity index (χ4v) is 4.22. The highest BCUT2D eigenvalue weighted by molar-refractivity contribution is 7.91. The first-order valence-electron chi connectivity index (χ1n) is 6.37. The molecule has 1 aromatic carbocycles. The van der Waals surface area contributed by atoms with Gasteiger partial charge in [-0.2, -0.15) is 0 Å². The molecule has 106 valence electrons. The molecule has 0 aromatic heterocycles. The first-order chi connectivity index (χ1) is 9.43. The second-order valence-corrected chi connectivity index (χ2v) is 7.40. The number of benzene rings is 1. The van der Waals surface area contributed by atoms with E-state index < -0.39 is 9.84 Å². The fourth-order valence-electron chi connectivity index (χ4n) is 2.55. The van der Waals surface area contributed by atoms with Crippen LogP contribution in [0.5, 0.6) is 0 Å². The number of rotatable bonds is 2. The standard InChI is InChI=1S/C13H14N2O4S/c16-12-6-9-5-8(1-2-11(9)15-12)13(17)14-10-3-4-20(18,19)7-10/h1-2,5,10H,3-4,6-7H2,(H,14,17)(H,15,16). The molecule has 0 aliphatic carbocycles. The van der Waals surface area contributed by atoms with E-state index in [2.05, 4.69) is 10.6 Å². The highest BCUT2D eigenvalue weighted by Gasteiger charge is 2.29. The number of sulfone groups is 1. The lowest BCUT2D eigenvalue weighted by Crippen LogP contribution is -2.35. The van der Waals surface area contributed by atoms with Crippen LogP contribution in [0, 0.1) is 0 Å². The summed E-state index contributed by atoms with van der Waals surface area (Å²) in [6.45, 7) is 0. The van der Waals surface area contributed by atoms with Crippen molar-refractivity contribution in [3.63, 3.8) is 0 Å². The molecule has 2 aliphatic rings. The molecule has 0 saturated carbocycles. The fraction of sp³-hybridized carbons (Fsp3) is 0.385. The summed E-state index contributed by atoms with van der Waals surface area (Å²) in [5.41, 5.74) is 1.97. The van der Waals surface area contributed by atoms with Gasteiger partial charge in [-0.25, -0.2) is 8.42 Å². The minimum absolute atomic E-state index is 0.00369. The van der Waals surface area contributed by atoms with Gasteiger partial charge >= 0.3 is 0 Å². The molecule has 3 rings (SSSR count). The van der Waals surface area contributed by atoms with E-state index in [1.807, 2.05) is 0 Å². The Hall–Kier alpha value is -1.89. The zero-order valence-corrected chi connectivity index (χ0v) is 11.5. The van der Waals surface area contributed by atoms with Gasteiger partial charge in [0.25, 0.3) is 5.91 Å². The predicted molar refractivity (Wildman–Crippen MR) is 73.3 cm³/mol. The number of hydrogen-bond donors (Lipinski definition) is 2. The number of fused-ring (bicyclic) bond motifs is 1. The van der Waals surface area contributed by atoms with E-state index in [0.717, 1.165) is 11.3 Å². The van der Waals surface area contributed by atoms with Crippen LogP contribution in [0.1, 0.15) is 22.3 Å². The van der Waals surface area contributed by atoms with Gasteiger partial charge in [0, 0.05) is 17.3 Å². The molecule has 6 nitrogen and oxygen atoms in total. The lowest BCUT2D eigenvalue weighted by Gasteiger charge is -2.11. The Kier molecular flexibility index (Phi) is 3.01. The van der Waals surface area contributed by atoms with Gasteiger partial charge < -0.3 is 10.6 Å². The first-order valence-corrected chi connectivity index (χ1v) is 8.19. The molecule has 0 spiro atoms. The van der Waals surface area contributed by atoms with E-state index in [1.165, 1.54) is 0 Å². The minimum Gasteiger partial charge on any atom is -0.348 e. The maximum Gasteiger partial charge on any atom is 0.251 e. The average molecular weight is 294 g/mol. The Balaban J connectivity index is 1.72. The quantitative estimate of drug-likeness (QED) is 0.809. The van der Waals surface area contributed by atoms with E-state index in [9.17, 15) is 18.0 Å². The summed E-state index contributed by atoms with van der Waals surface area (Å²) >= 11 is 0. The smallest absolute Gasteiger partial charge is 0.251 e. The Morgan fingerprint density at radius 2 is 2.15 bits per heavy atom.